The Balaban J connectivity index is 1.61. The average molecular weight is 347 g/mol. The smallest absolute Gasteiger partial charge is 0.193 e. The number of likely N-dealkylation sites (tertiary alicyclic amines) is 1. The number of aromatic nitrogens is 1. The van der Waals surface area contributed by atoms with Crippen LogP contribution in [0.1, 0.15) is 12.0 Å². The van der Waals surface area contributed by atoms with Crippen molar-refractivity contribution in [2.45, 2.75) is 13.0 Å². The molecule has 1 atom stereocenters. The second-order valence-corrected chi connectivity index (χ2v) is 6.54. The number of pyridine rings is 1. The number of rotatable bonds is 5. The third kappa shape index (κ3) is 4.61. The van der Waals surface area contributed by atoms with Gasteiger partial charge in [-0.15, -0.1) is 0 Å². The first-order valence-corrected chi connectivity index (χ1v) is 9.03. The van der Waals surface area contributed by atoms with Crippen molar-refractivity contribution in [2.75, 3.05) is 65.1 Å². The van der Waals surface area contributed by atoms with Gasteiger partial charge in [0.15, 0.2) is 5.96 Å². The van der Waals surface area contributed by atoms with Crippen LogP contribution in [0.15, 0.2) is 23.3 Å². The van der Waals surface area contributed by atoms with Gasteiger partial charge < -0.3 is 24.6 Å². The number of morpholine rings is 1. The molecular formula is C18H29N5O2. The second-order valence-electron chi connectivity index (χ2n) is 6.54. The Bertz CT molecular complexity index is 574. The first kappa shape index (κ1) is 17.9. The van der Waals surface area contributed by atoms with Gasteiger partial charge in [-0.25, -0.2) is 4.98 Å². The summed E-state index contributed by atoms with van der Waals surface area (Å²) in [6, 6.07) is 4.13. The maximum Gasteiger partial charge on any atom is 0.193 e. The molecule has 7 heteroatoms. The fourth-order valence-electron chi connectivity index (χ4n) is 3.53. The van der Waals surface area contributed by atoms with Gasteiger partial charge >= 0.3 is 0 Å². The van der Waals surface area contributed by atoms with E-state index in [4.69, 9.17) is 9.47 Å². The van der Waals surface area contributed by atoms with Crippen LogP contribution < -0.4 is 10.2 Å². The molecule has 0 aliphatic carbocycles. The third-order valence-corrected chi connectivity index (χ3v) is 4.81. The van der Waals surface area contributed by atoms with Crippen LogP contribution >= 0.6 is 0 Å². The monoisotopic (exact) mass is 347 g/mol. The molecule has 0 bridgehead atoms. The number of guanidine groups is 1. The second kappa shape index (κ2) is 9.01. The summed E-state index contributed by atoms with van der Waals surface area (Å²) in [6.45, 7) is 6.87. The number of aliphatic imine (C=N–C) groups is 1. The molecule has 1 N–H and O–H groups in total. The average Bonchev–Trinajstić information content (AvgIpc) is 3.12. The molecule has 25 heavy (non-hydrogen) atoms. The number of hydrogen-bond acceptors (Lipinski definition) is 5. The lowest BCUT2D eigenvalue weighted by atomic mass is 10.1. The van der Waals surface area contributed by atoms with E-state index in [1.54, 1.807) is 7.11 Å². The molecule has 3 rings (SSSR count). The van der Waals surface area contributed by atoms with Gasteiger partial charge in [0, 0.05) is 64.6 Å². The summed E-state index contributed by atoms with van der Waals surface area (Å²) >= 11 is 0. The highest BCUT2D eigenvalue weighted by Gasteiger charge is 2.25. The summed E-state index contributed by atoms with van der Waals surface area (Å²) in [5.74, 6) is 2.59. The quantitative estimate of drug-likeness (QED) is 0.632. The summed E-state index contributed by atoms with van der Waals surface area (Å²) in [5, 5.41) is 3.51. The van der Waals surface area contributed by atoms with E-state index in [0.29, 0.717) is 5.92 Å². The third-order valence-electron chi connectivity index (χ3n) is 4.81. The summed E-state index contributed by atoms with van der Waals surface area (Å²) < 4.78 is 10.7. The van der Waals surface area contributed by atoms with Gasteiger partial charge in [-0.3, -0.25) is 4.99 Å². The lowest BCUT2D eigenvalue weighted by molar-refractivity contribution is 0.122. The zero-order valence-electron chi connectivity index (χ0n) is 15.3. The lowest BCUT2D eigenvalue weighted by Crippen LogP contribution is -2.41. The highest BCUT2D eigenvalue weighted by atomic mass is 16.5. The van der Waals surface area contributed by atoms with Gasteiger partial charge in [-0.1, -0.05) is 6.07 Å². The molecule has 2 aliphatic heterocycles. The van der Waals surface area contributed by atoms with Crippen LogP contribution in [0.25, 0.3) is 0 Å². The van der Waals surface area contributed by atoms with E-state index in [-0.39, 0.29) is 0 Å². The zero-order chi connectivity index (χ0) is 17.5. The van der Waals surface area contributed by atoms with E-state index in [2.05, 4.69) is 31.2 Å². The van der Waals surface area contributed by atoms with Crippen LogP contribution in [0.3, 0.4) is 0 Å². The maximum absolute atomic E-state index is 5.45. The molecule has 1 aromatic rings. The molecule has 2 fully saturated rings. The van der Waals surface area contributed by atoms with E-state index in [0.717, 1.165) is 70.7 Å². The van der Waals surface area contributed by atoms with Crippen molar-refractivity contribution in [3.8, 4) is 0 Å². The Morgan fingerprint density at radius 2 is 2.24 bits per heavy atom. The maximum atomic E-state index is 5.45. The Morgan fingerprint density at radius 1 is 1.40 bits per heavy atom. The molecule has 0 amide bonds. The largest absolute Gasteiger partial charge is 0.384 e. The van der Waals surface area contributed by atoms with Crippen LogP contribution in [-0.2, 0) is 16.0 Å². The number of hydrogen-bond donors (Lipinski definition) is 1. The fourth-order valence-corrected chi connectivity index (χ4v) is 3.53. The number of nitrogens with zero attached hydrogens (tertiary/aromatic N) is 4. The van der Waals surface area contributed by atoms with Crippen molar-refractivity contribution in [1.29, 1.82) is 0 Å². The summed E-state index contributed by atoms with van der Waals surface area (Å²) in [7, 11) is 3.61. The van der Waals surface area contributed by atoms with Gasteiger partial charge in [0.1, 0.15) is 5.82 Å². The lowest BCUT2D eigenvalue weighted by Gasteiger charge is -2.30. The van der Waals surface area contributed by atoms with Crippen LogP contribution in [0.4, 0.5) is 5.82 Å². The van der Waals surface area contributed by atoms with Crippen LogP contribution in [0.5, 0.6) is 0 Å². The van der Waals surface area contributed by atoms with Gasteiger partial charge in [0.2, 0.25) is 0 Å². The molecule has 138 valence electrons. The summed E-state index contributed by atoms with van der Waals surface area (Å²) in [6.07, 6.45) is 3.01. The fraction of sp³-hybridized carbons (Fsp3) is 0.667. The topological polar surface area (TPSA) is 62.2 Å². The normalized spacial score (nSPS) is 21.7. The van der Waals surface area contributed by atoms with Crippen molar-refractivity contribution in [1.82, 2.24) is 15.2 Å². The first-order chi connectivity index (χ1) is 12.3. The van der Waals surface area contributed by atoms with Crippen molar-refractivity contribution >= 4 is 11.8 Å². The highest BCUT2D eigenvalue weighted by Crippen LogP contribution is 2.19. The van der Waals surface area contributed by atoms with Crippen molar-refractivity contribution in [3.05, 3.63) is 23.9 Å². The number of ether oxygens (including phenoxy) is 2. The zero-order valence-corrected chi connectivity index (χ0v) is 15.3. The first-order valence-electron chi connectivity index (χ1n) is 9.03. The van der Waals surface area contributed by atoms with Gasteiger partial charge in [0.25, 0.3) is 0 Å². The van der Waals surface area contributed by atoms with Crippen LogP contribution in [-0.4, -0.2) is 76.0 Å². The molecule has 1 unspecified atom stereocenters. The van der Waals surface area contributed by atoms with Gasteiger partial charge in [-0.2, -0.15) is 0 Å². The highest BCUT2D eigenvalue weighted by molar-refractivity contribution is 5.80. The number of methoxy groups -OCH3 is 1. The van der Waals surface area contributed by atoms with Crippen LogP contribution in [0.2, 0.25) is 0 Å². The molecule has 2 aliphatic rings. The van der Waals surface area contributed by atoms with Crippen molar-refractivity contribution in [2.24, 2.45) is 10.9 Å². The Hall–Kier alpha value is -1.86. The summed E-state index contributed by atoms with van der Waals surface area (Å²) in [5.41, 5.74) is 1.19. The van der Waals surface area contributed by atoms with E-state index in [9.17, 15) is 0 Å². The molecule has 0 radical (unpaired) electrons. The van der Waals surface area contributed by atoms with Crippen molar-refractivity contribution < 1.29 is 9.47 Å². The molecule has 1 aromatic heterocycles. The van der Waals surface area contributed by atoms with E-state index < -0.39 is 0 Å². The SMILES string of the molecule is CN=C(NCc1cccnc1N1CCOCC1)N1CCC(COC)C1. The van der Waals surface area contributed by atoms with E-state index in [1.807, 2.05) is 19.3 Å². The van der Waals surface area contributed by atoms with E-state index in [1.165, 1.54) is 5.56 Å². The van der Waals surface area contributed by atoms with Crippen molar-refractivity contribution in [3.63, 3.8) is 0 Å². The molecule has 3 heterocycles. The van der Waals surface area contributed by atoms with Crippen LogP contribution in [0, 0.1) is 5.92 Å². The predicted octanol–water partition coefficient (Wildman–Crippen LogP) is 0.962. The summed E-state index contributed by atoms with van der Waals surface area (Å²) in [4.78, 5) is 13.7. The Labute approximate surface area is 150 Å². The number of anilines is 1. The predicted molar refractivity (Wildman–Crippen MR) is 99.0 cm³/mol. The molecule has 0 saturated carbocycles. The molecule has 0 spiro atoms. The molecular weight excluding hydrogens is 318 g/mol. The minimum absolute atomic E-state index is 0.589. The number of nitrogens with one attached hydrogen (secondary N) is 1. The molecule has 0 aromatic carbocycles. The van der Waals surface area contributed by atoms with Gasteiger partial charge in [-0.05, 0) is 12.5 Å². The Morgan fingerprint density at radius 3 is 3.00 bits per heavy atom. The van der Waals surface area contributed by atoms with E-state index >= 15 is 0 Å². The standard InChI is InChI=1S/C18H29N5O2/c1-19-18(23-7-5-15(13-23)14-24-2)21-12-16-4-3-6-20-17(16)22-8-10-25-11-9-22/h3-4,6,15H,5,7-14H2,1-2H3,(H,19,21). The molecule has 7 nitrogen and oxygen atoms in total. The Kier molecular flexibility index (Phi) is 6.47. The molecule has 2 saturated heterocycles. The minimum Gasteiger partial charge on any atom is -0.384 e. The minimum atomic E-state index is 0.589. The van der Waals surface area contributed by atoms with Gasteiger partial charge in [0.05, 0.1) is 19.8 Å².